The predicted molar refractivity (Wildman–Crippen MR) is 96.3 cm³/mol. The lowest BCUT2D eigenvalue weighted by atomic mass is 9.73. The van der Waals surface area contributed by atoms with E-state index in [0.717, 1.165) is 32.2 Å². The fourth-order valence-electron chi connectivity index (χ4n) is 4.50. The van der Waals surface area contributed by atoms with Crippen LogP contribution in [0.5, 0.6) is 0 Å². The first kappa shape index (κ1) is 16.7. The Bertz CT molecular complexity index is 518. The lowest BCUT2D eigenvalue weighted by molar-refractivity contribution is -0.0985. The zero-order chi connectivity index (χ0) is 16.3. The molecule has 0 aromatic heterocycles. The van der Waals surface area contributed by atoms with Crippen molar-refractivity contribution in [3.63, 3.8) is 0 Å². The highest BCUT2D eigenvalue weighted by molar-refractivity contribution is 5.15. The summed E-state index contributed by atoms with van der Waals surface area (Å²) in [6.45, 7) is 5.32. The second-order valence-electron chi connectivity index (χ2n) is 7.85. The van der Waals surface area contributed by atoms with E-state index in [2.05, 4.69) is 55.2 Å². The topological polar surface area (TPSA) is 23.5 Å². The maximum Gasteiger partial charge on any atom is 0.0680 e. The normalized spacial score (nSPS) is 30.9. The summed E-state index contributed by atoms with van der Waals surface area (Å²) in [6.07, 6.45) is 9.92. The fourth-order valence-corrected chi connectivity index (χ4v) is 4.50. The Kier molecular flexibility index (Phi) is 5.23. The maximum atomic E-state index is 11.1. The molecule has 126 valence electrons. The van der Waals surface area contributed by atoms with Crippen LogP contribution in [0.4, 0.5) is 0 Å². The van der Waals surface area contributed by atoms with Gasteiger partial charge in [0.2, 0.25) is 0 Å². The minimum atomic E-state index is -0.450. The monoisotopic (exact) mass is 313 g/mol. The van der Waals surface area contributed by atoms with E-state index in [0.29, 0.717) is 12.1 Å². The standard InChI is InChI=1S/C21H31NO/c1-17(2)8-7-13-21(23)14-19-11-6-12-20(15-21)22(19)16-18-9-4-3-5-10-18/h3-5,8-10,19-20,23H,6-7,11-16H2,1-2H3. The Morgan fingerprint density at radius 1 is 1.17 bits per heavy atom. The molecular weight excluding hydrogens is 282 g/mol. The van der Waals surface area contributed by atoms with Crippen molar-refractivity contribution in [2.24, 2.45) is 0 Å². The number of nitrogens with zero attached hydrogens (tertiary/aromatic N) is 1. The van der Waals surface area contributed by atoms with E-state index in [-0.39, 0.29) is 0 Å². The van der Waals surface area contributed by atoms with Gasteiger partial charge >= 0.3 is 0 Å². The molecule has 1 aromatic rings. The summed E-state index contributed by atoms with van der Waals surface area (Å²) in [7, 11) is 0. The number of fused-ring (bicyclic) bond motifs is 2. The zero-order valence-corrected chi connectivity index (χ0v) is 14.7. The van der Waals surface area contributed by atoms with E-state index in [9.17, 15) is 5.11 Å². The minimum absolute atomic E-state index is 0.450. The van der Waals surface area contributed by atoms with Gasteiger partial charge in [0.1, 0.15) is 0 Å². The number of piperidine rings is 2. The average molecular weight is 313 g/mol. The Morgan fingerprint density at radius 3 is 2.43 bits per heavy atom. The summed E-state index contributed by atoms with van der Waals surface area (Å²) in [4.78, 5) is 2.67. The van der Waals surface area contributed by atoms with Crippen LogP contribution in [0.3, 0.4) is 0 Å². The SMILES string of the molecule is CC(C)=CCCC1(O)CC2CCCC(C1)N2Cc1ccccc1. The molecule has 2 saturated heterocycles. The number of rotatable bonds is 5. The van der Waals surface area contributed by atoms with E-state index in [1.807, 2.05) is 0 Å². The summed E-state index contributed by atoms with van der Waals surface area (Å²) in [5, 5.41) is 11.1. The molecule has 2 aliphatic rings. The number of allylic oxidation sites excluding steroid dienone is 2. The summed E-state index contributed by atoms with van der Waals surface area (Å²) >= 11 is 0. The first-order valence-electron chi connectivity index (χ1n) is 9.21. The molecule has 2 heterocycles. The van der Waals surface area contributed by atoms with Crippen molar-refractivity contribution in [3.8, 4) is 0 Å². The zero-order valence-electron chi connectivity index (χ0n) is 14.7. The van der Waals surface area contributed by atoms with Crippen molar-refractivity contribution in [2.75, 3.05) is 0 Å². The largest absolute Gasteiger partial charge is 0.390 e. The smallest absolute Gasteiger partial charge is 0.0680 e. The maximum absolute atomic E-state index is 11.1. The van der Waals surface area contributed by atoms with Gasteiger partial charge in [-0.25, -0.2) is 0 Å². The van der Waals surface area contributed by atoms with Gasteiger partial charge in [-0.1, -0.05) is 48.4 Å². The van der Waals surface area contributed by atoms with Crippen LogP contribution in [0.25, 0.3) is 0 Å². The molecule has 2 fully saturated rings. The van der Waals surface area contributed by atoms with E-state index >= 15 is 0 Å². The van der Waals surface area contributed by atoms with Crippen LogP contribution in [0.2, 0.25) is 0 Å². The van der Waals surface area contributed by atoms with Crippen LogP contribution in [0.15, 0.2) is 42.0 Å². The van der Waals surface area contributed by atoms with E-state index < -0.39 is 5.60 Å². The van der Waals surface area contributed by atoms with Crippen molar-refractivity contribution in [1.29, 1.82) is 0 Å². The van der Waals surface area contributed by atoms with Crippen LogP contribution >= 0.6 is 0 Å². The Balaban J connectivity index is 1.66. The molecule has 2 nitrogen and oxygen atoms in total. The van der Waals surface area contributed by atoms with Crippen LogP contribution in [0, 0.1) is 0 Å². The molecule has 2 atom stereocenters. The molecule has 2 heteroatoms. The molecule has 0 amide bonds. The fraction of sp³-hybridized carbons (Fsp3) is 0.619. The summed E-state index contributed by atoms with van der Waals surface area (Å²) < 4.78 is 0. The van der Waals surface area contributed by atoms with Gasteiger partial charge in [-0.3, -0.25) is 4.90 Å². The molecule has 0 aliphatic carbocycles. The Hall–Kier alpha value is -1.12. The predicted octanol–water partition coefficient (Wildman–Crippen LogP) is 4.68. The highest BCUT2D eigenvalue weighted by Crippen LogP contribution is 2.42. The number of hydrogen-bond donors (Lipinski definition) is 1. The molecule has 1 N–H and O–H groups in total. The van der Waals surface area contributed by atoms with Gasteiger partial charge in [0.05, 0.1) is 5.60 Å². The summed E-state index contributed by atoms with van der Waals surface area (Å²) in [5.41, 5.74) is 2.31. The van der Waals surface area contributed by atoms with Gasteiger partial charge in [-0.15, -0.1) is 0 Å². The summed E-state index contributed by atoms with van der Waals surface area (Å²) in [6, 6.07) is 11.9. The Labute approximate surface area is 141 Å². The molecule has 2 aliphatic heterocycles. The minimum Gasteiger partial charge on any atom is -0.390 e. The third kappa shape index (κ3) is 4.24. The molecular formula is C21H31NO. The van der Waals surface area contributed by atoms with Gasteiger partial charge < -0.3 is 5.11 Å². The van der Waals surface area contributed by atoms with Gasteiger partial charge in [0.25, 0.3) is 0 Å². The molecule has 3 rings (SSSR count). The van der Waals surface area contributed by atoms with Crippen molar-refractivity contribution in [2.45, 2.75) is 83.0 Å². The van der Waals surface area contributed by atoms with E-state index in [4.69, 9.17) is 0 Å². The van der Waals surface area contributed by atoms with Crippen molar-refractivity contribution in [1.82, 2.24) is 4.90 Å². The molecule has 0 spiro atoms. The molecule has 1 aromatic carbocycles. The lowest BCUT2D eigenvalue weighted by Gasteiger charge is -2.52. The van der Waals surface area contributed by atoms with Gasteiger partial charge in [0.15, 0.2) is 0 Å². The highest BCUT2D eigenvalue weighted by Gasteiger charge is 2.44. The van der Waals surface area contributed by atoms with Gasteiger partial charge in [0, 0.05) is 18.6 Å². The quantitative estimate of drug-likeness (QED) is 0.798. The first-order chi connectivity index (χ1) is 11.1. The third-order valence-corrected chi connectivity index (χ3v) is 5.61. The van der Waals surface area contributed by atoms with Crippen LogP contribution in [0.1, 0.15) is 64.4 Å². The molecule has 2 unspecified atom stereocenters. The van der Waals surface area contributed by atoms with Crippen LogP contribution in [-0.2, 0) is 6.54 Å². The highest BCUT2D eigenvalue weighted by atomic mass is 16.3. The molecule has 2 bridgehead atoms. The number of aliphatic hydroxyl groups is 1. The van der Waals surface area contributed by atoms with E-state index in [1.54, 1.807) is 0 Å². The van der Waals surface area contributed by atoms with Crippen molar-refractivity contribution in [3.05, 3.63) is 47.5 Å². The Morgan fingerprint density at radius 2 is 1.83 bits per heavy atom. The molecule has 0 radical (unpaired) electrons. The molecule has 23 heavy (non-hydrogen) atoms. The lowest BCUT2D eigenvalue weighted by Crippen LogP contribution is -2.57. The second-order valence-corrected chi connectivity index (χ2v) is 7.85. The van der Waals surface area contributed by atoms with E-state index in [1.165, 1.54) is 30.4 Å². The van der Waals surface area contributed by atoms with Crippen LogP contribution < -0.4 is 0 Å². The van der Waals surface area contributed by atoms with Crippen molar-refractivity contribution >= 4 is 0 Å². The number of hydrogen-bond acceptors (Lipinski definition) is 2. The summed E-state index contributed by atoms with van der Waals surface area (Å²) in [5.74, 6) is 0. The average Bonchev–Trinajstić information content (AvgIpc) is 2.49. The van der Waals surface area contributed by atoms with Crippen molar-refractivity contribution < 1.29 is 5.11 Å². The molecule has 0 saturated carbocycles. The number of benzene rings is 1. The van der Waals surface area contributed by atoms with Crippen LogP contribution in [-0.4, -0.2) is 27.7 Å². The first-order valence-corrected chi connectivity index (χ1v) is 9.21. The second kappa shape index (κ2) is 7.19. The third-order valence-electron chi connectivity index (χ3n) is 5.61. The van der Waals surface area contributed by atoms with Gasteiger partial charge in [-0.05, 0) is 57.9 Å². The van der Waals surface area contributed by atoms with Gasteiger partial charge in [-0.2, -0.15) is 0 Å².